The fraction of sp³-hybridized carbons (Fsp3) is 0.154. The maximum atomic E-state index is 12.8. The van der Waals surface area contributed by atoms with Crippen LogP contribution < -0.4 is 19.7 Å². The van der Waals surface area contributed by atoms with Crippen molar-refractivity contribution in [3.05, 3.63) is 94.0 Å². The molecule has 6 nitrogen and oxygen atoms in total. The van der Waals surface area contributed by atoms with E-state index in [0.29, 0.717) is 40.4 Å². The van der Waals surface area contributed by atoms with E-state index in [1.165, 1.54) is 11.3 Å². The summed E-state index contributed by atoms with van der Waals surface area (Å²) in [5.41, 5.74) is 2.93. The highest BCUT2D eigenvalue weighted by molar-refractivity contribution is 7.18. The minimum Gasteiger partial charge on any atom is -0.493 e. The van der Waals surface area contributed by atoms with Crippen LogP contribution in [0.4, 0.5) is 10.7 Å². The van der Waals surface area contributed by atoms with E-state index in [1.54, 1.807) is 13.3 Å². The first-order chi connectivity index (χ1) is 16.6. The van der Waals surface area contributed by atoms with E-state index < -0.39 is 0 Å². The van der Waals surface area contributed by atoms with Gasteiger partial charge in [0.15, 0.2) is 11.5 Å². The van der Waals surface area contributed by atoms with E-state index in [2.05, 4.69) is 15.2 Å². The summed E-state index contributed by atoms with van der Waals surface area (Å²) < 4.78 is 11.7. The van der Waals surface area contributed by atoms with E-state index in [1.807, 2.05) is 66.7 Å². The summed E-state index contributed by atoms with van der Waals surface area (Å²) in [7, 11) is 1.62. The van der Waals surface area contributed by atoms with Crippen molar-refractivity contribution in [2.24, 2.45) is 0 Å². The molecule has 0 radical (unpaired) electrons. The molecule has 0 aliphatic carbocycles. The number of halogens is 1. The first kappa shape index (κ1) is 22.3. The Bertz CT molecular complexity index is 1320. The number of rotatable bonds is 6. The number of hydrogen-bond donors (Lipinski definition) is 1. The molecule has 5 rings (SSSR count). The Hall–Kier alpha value is -3.55. The summed E-state index contributed by atoms with van der Waals surface area (Å²) >= 11 is 7.37. The Morgan fingerprint density at radius 1 is 1.15 bits per heavy atom. The van der Waals surface area contributed by atoms with Gasteiger partial charge in [-0.25, -0.2) is 4.98 Å². The van der Waals surface area contributed by atoms with Gasteiger partial charge in [-0.3, -0.25) is 4.79 Å². The number of carbonyl (C=O) groups is 1. The highest BCUT2D eigenvalue weighted by atomic mass is 35.5. The van der Waals surface area contributed by atoms with Crippen LogP contribution in [0.15, 0.2) is 72.9 Å². The second kappa shape index (κ2) is 9.75. The molecule has 0 unspecified atom stereocenters. The maximum absolute atomic E-state index is 12.8. The third kappa shape index (κ3) is 4.58. The molecule has 0 atom stereocenters. The Kier molecular flexibility index (Phi) is 6.38. The smallest absolute Gasteiger partial charge is 0.261 e. The Morgan fingerprint density at radius 2 is 2.00 bits per heavy atom. The van der Waals surface area contributed by atoms with Gasteiger partial charge in [0.2, 0.25) is 5.88 Å². The number of pyridine rings is 1. The van der Waals surface area contributed by atoms with Gasteiger partial charge < -0.3 is 19.7 Å². The van der Waals surface area contributed by atoms with Crippen LogP contribution in [-0.2, 0) is 13.0 Å². The lowest BCUT2D eigenvalue weighted by Crippen LogP contribution is -2.24. The molecule has 1 aliphatic rings. The summed E-state index contributed by atoms with van der Waals surface area (Å²) in [6.07, 6.45) is 2.44. The second-order valence-corrected chi connectivity index (χ2v) is 9.23. The van der Waals surface area contributed by atoms with Crippen molar-refractivity contribution in [3.63, 3.8) is 0 Å². The Labute approximate surface area is 206 Å². The molecule has 1 aliphatic heterocycles. The second-order valence-electron chi connectivity index (χ2n) is 7.73. The fourth-order valence-electron chi connectivity index (χ4n) is 3.83. The summed E-state index contributed by atoms with van der Waals surface area (Å²) in [5.74, 6) is 1.71. The van der Waals surface area contributed by atoms with Crippen LogP contribution in [0.2, 0.25) is 5.02 Å². The average molecular weight is 492 g/mol. The van der Waals surface area contributed by atoms with Gasteiger partial charge in [0, 0.05) is 23.3 Å². The van der Waals surface area contributed by atoms with Crippen LogP contribution in [0, 0.1) is 0 Å². The quantitative estimate of drug-likeness (QED) is 0.347. The third-order valence-electron chi connectivity index (χ3n) is 5.54. The lowest BCUT2D eigenvalue weighted by atomic mass is 10.1. The van der Waals surface area contributed by atoms with Crippen molar-refractivity contribution >= 4 is 39.5 Å². The summed E-state index contributed by atoms with van der Waals surface area (Å²) in [5, 5.41) is 4.64. The van der Waals surface area contributed by atoms with E-state index in [9.17, 15) is 4.79 Å². The van der Waals surface area contributed by atoms with Crippen LogP contribution in [0.1, 0.15) is 20.8 Å². The number of nitrogens with one attached hydrogen (secondary N) is 1. The van der Waals surface area contributed by atoms with Crippen molar-refractivity contribution in [2.75, 3.05) is 18.6 Å². The molecule has 0 saturated carbocycles. The van der Waals surface area contributed by atoms with Gasteiger partial charge in [-0.1, -0.05) is 35.9 Å². The average Bonchev–Trinajstić information content (AvgIpc) is 3.28. The molecular formula is C26H22ClN3O3S. The molecule has 34 heavy (non-hydrogen) atoms. The van der Waals surface area contributed by atoms with Crippen LogP contribution in [0.5, 0.6) is 17.4 Å². The van der Waals surface area contributed by atoms with E-state index in [4.69, 9.17) is 21.1 Å². The molecule has 0 bridgehead atoms. The van der Waals surface area contributed by atoms with Gasteiger partial charge in [-0.2, -0.15) is 0 Å². The Balaban J connectivity index is 1.36. The van der Waals surface area contributed by atoms with Gasteiger partial charge in [0.25, 0.3) is 5.91 Å². The molecule has 2 aromatic carbocycles. The number of para-hydroxylation sites is 1. The summed E-state index contributed by atoms with van der Waals surface area (Å²) in [6.45, 7) is 1.11. The van der Waals surface area contributed by atoms with E-state index in [0.717, 1.165) is 28.2 Å². The van der Waals surface area contributed by atoms with Gasteiger partial charge in [0.1, 0.15) is 5.69 Å². The van der Waals surface area contributed by atoms with Gasteiger partial charge in [-0.05, 0) is 54.4 Å². The van der Waals surface area contributed by atoms with Gasteiger partial charge in [-0.15, -0.1) is 11.3 Å². The molecule has 172 valence electrons. The molecule has 0 saturated heterocycles. The maximum Gasteiger partial charge on any atom is 0.261 e. The number of anilines is 2. The number of thiophene rings is 1. The zero-order valence-electron chi connectivity index (χ0n) is 18.5. The number of ether oxygens (including phenoxy) is 2. The topological polar surface area (TPSA) is 63.7 Å². The molecule has 0 spiro atoms. The fourth-order valence-corrected chi connectivity index (χ4v) is 4.89. The zero-order chi connectivity index (χ0) is 23.5. The normalized spacial score (nSPS) is 12.2. The monoisotopic (exact) mass is 491 g/mol. The predicted octanol–water partition coefficient (Wildman–Crippen LogP) is 6.22. The lowest BCUT2D eigenvalue weighted by molar-refractivity contribution is 0.0958. The largest absolute Gasteiger partial charge is 0.493 e. The Morgan fingerprint density at radius 3 is 2.82 bits per heavy atom. The lowest BCUT2D eigenvalue weighted by Gasteiger charge is -2.21. The molecule has 4 aromatic rings. The van der Waals surface area contributed by atoms with Crippen molar-refractivity contribution in [1.82, 2.24) is 10.3 Å². The molecule has 1 amide bonds. The number of amides is 1. The first-order valence-electron chi connectivity index (χ1n) is 10.8. The van der Waals surface area contributed by atoms with Crippen LogP contribution >= 0.6 is 22.9 Å². The van der Waals surface area contributed by atoms with Crippen molar-refractivity contribution in [2.45, 2.75) is 13.0 Å². The SMILES string of the molecule is COc1cccc2c1Oc1ncccc1N(c1ccc(C(=O)NCCc3ccc(Cl)cc3)s1)C2. The number of fused-ring (bicyclic) bond motifs is 2. The molecule has 0 fully saturated rings. The van der Waals surface area contributed by atoms with Gasteiger partial charge >= 0.3 is 0 Å². The third-order valence-corrected chi connectivity index (χ3v) is 6.90. The highest BCUT2D eigenvalue weighted by Gasteiger charge is 2.26. The number of carbonyl (C=O) groups excluding carboxylic acids is 1. The molecule has 3 heterocycles. The minimum atomic E-state index is -0.0928. The minimum absolute atomic E-state index is 0.0928. The van der Waals surface area contributed by atoms with Crippen LogP contribution in [0.25, 0.3) is 0 Å². The zero-order valence-corrected chi connectivity index (χ0v) is 20.0. The highest BCUT2D eigenvalue weighted by Crippen LogP contribution is 2.45. The van der Waals surface area contributed by atoms with Gasteiger partial charge in [0.05, 0.1) is 23.5 Å². The van der Waals surface area contributed by atoms with Crippen molar-refractivity contribution < 1.29 is 14.3 Å². The summed E-state index contributed by atoms with van der Waals surface area (Å²) in [6, 6.07) is 21.1. The van der Waals surface area contributed by atoms with Crippen LogP contribution in [-0.4, -0.2) is 24.5 Å². The van der Waals surface area contributed by atoms with Crippen LogP contribution in [0.3, 0.4) is 0 Å². The number of methoxy groups -OCH3 is 1. The van der Waals surface area contributed by atoms with Crippen molar-refractivity contribution in [3.8, 4) is 17.4 Å². The standard InChI is InChI=1S/C26H22ClN3O3S/c1-32-21-6-2-4-18-16-30(20-5-3-14-29-26(20)33-24(18)21)23-12-11-22(34-23)25(31)28-15-13-17-7-9-19(27)10-8-17/h2-12,14H,13,15-16H2,1H3,(H,28,31). The molecular weight excluding hydrogens is 470 g/mol. The summed E-state index contributed by atoms with van der Waals surface area (Å²) in [4.78, 5) is 20.0. The van der Waals surface area contributed by atoms with E-state index in [-0.39, 0.29) is 5.91 Å². The molecule has 2 aromatic heterocycles. The molecule has 8 heteroatoms. The number of nitrogens with zero attached hydrogens (tertiary/aromatic N) is 2. The molecule has 1 N–H and O–H groups in total. The predicted molar refractivity (Wildman–Crippen MR) is 135 cm³/mol. The van der Waals surface area contributed by atoms with Crippen molar-refractivity contribution in [1.29, 1.82) is 0 Å². The number of aromatic nitrogens is 1. The van der Waals surface area contributed by atoms with E-state index >= 15 is 0 Å². The first-order valence-corrected chi connectivity index (χ1v) is 12.0. The number of benzene rings is 2. The number of hydrogen-bond acceptors (Lipinski definition) is 6.